The summed E-state index contributed by atoms with van der Waals surface area (Å²) in [5.74, 6) is 2.93. The molecule has 32 heavy (non-hydrogen) atoms. The van der Waals surface area contributed by atoms with Crippen LogP contribution in [0, 0.1) is 0 Å². The van der Waals surface area contributed by atoms with Crippen LogP contribution < -0.4 is 10.6 Å². The van der Waals surface area contributed by atoms with Gasteiger partial charge in [-0.3, -0.25) is 4.90 Å². The number of fused-ring (bicyclic) bond motifs is 1. The zero-order valence-electron chi connectivity index (χ0n) is 19.1. The Bertz CT molecular complexity index is 864. The molecule has 0 amide bonds. The molecule has 0 saturated carbocycles. The zero-order chi connectivity index (χ0) is 21.3. The molecular weight excluding hydrogens is 517 g/mol. The zero-order valence-corrected chi connectivity index (χ0v) is 21.4. The number of aryl methyl sites for hydroxylation is 1. The average Bonchev–Trinajstić information content (AvgIpc) is 3.03. The molecule has 1 aromatic heterocycles. The highest BCUT2D eigenvalue weighted by Gasteiger charge is 2.15. The summed E-state index contributed by atoms with van der Waals surface area (Å²) >= 11 is 0. The van der Waals surface area contributed by atoms with E-state index in [1.54, 1.807) is 0 Å². The van der Waals surface area contributed by atoms with E-state index in [9.17, 15) is 0 Å². The number of morpholine rings is 1. The molecule has 1 saturated heterocycles. The van der Waals surface area contributed by atoms with E-state index in [4.69, 9.17) is 9.73 Å². The predicted molar refractivity (Wildman–Crippen MR) is 137 cm³/mol. The highest BCUT2D eigenvalue weighted by molar-refractivity contribution is 14.0. The van der Waals surface area contributed by atoms with Gasteiger partial charge in [0.05, 0.1) is 26.3 Å². The summed E-state index contributed by atoms with van der Waals surface area (Å²) in [4.78, 5) is 7.31. The normalized spacial score (nSPS) is 17.2. The van der Waals surface area contributed by atoms with Crippen molar-refractivity contribution in [3.63, 3.8) is 0 Å². The summed E-state index contributed by atoms with van der Waals surface area (Å²) in [6.07, 6.45) is 4.71. The SMILES string of the molecule is CCNC(=NCc1ccccc1CN1CCOCC1)NCc1nnc2n1CCCCC2.I. The number of rotatable bonds is 7. The van der Waals surface area contributed by atoms with Crippen LogP contribution in [-0.4, -0.2) is 58.5 Å². The lowest BCUT2D eigenvalue weighted by atomic mass is 10.1. The van der Waals surface area contributed by atoms with Crippen molar-refractivity contribution < 1.29 is 4.74 Å². The van der Waals surface area contributed by atoms with Crippen LogP contribution in [0.15, 0.2) is 29.3 Å². The van der Waals surface area contributed by atoms with Crippen molar-refractivity contribution >= 4 is 29.9 Å². The molecule has 0 unspecified atom stereocenters. The Labute approximate surface area is 208 Å². The van der Waals surface area contributed by atoms with E-state index in [1.807, 2.05) is 0 Å². The van der Waals surface area contributed by atoms with Gasteiger partial charge < -0.3 is 19.9 Å². The van der Waals surface area contributed by atoms with Crippen molar-refractivity contribution in [2.24, 2.45) is 4.99 Å². The van der Waals surface area contributed by atoms with Crippen molar-refractivity contribution in [3.05, 3.63) is 47.0 Å². The second-order valence-corrected chi connectivity index (χ2v) is 8.20. The van der Waals surface area contributed by atoms with Crippen molar-refractivity contribution in [2.45, 2.75) is 58.8 Å². The molecular formula is C23H36IN7O. The number of aromatic nitrogens is 3. The molecule has 2 aliphatic heterocycles. The minimum absolute atomic E-state index is 0. The highest BCUT2D eigenvalue weighted by Crippen LogP contribution is 2.15. The minimum Gasteiger partial charge on any atom is -0.379 e. The van der Waals surface area contributed by atoms with E-state index in [-0.39, 0.29) is 24.0 Å². The van der Waals surface area contributed by atoms with E-state index in [0.717, 1.165) is 70.0 Å². The lowest BCUT2D eigenvalue weighted by molar-refractivity contribution is 0.0341. The van der Waals surface area contributed by atoms with Gasteiger partial charge in [0.25, 0.3) is 0 Å². The molecule has 2 aliphatic rings. The van der Waals surface area contributed by atoms with Crippen LogP contribution in [0.1, 0.15) is 49.0 Å². The van der Waals surface area contributed by atoms with Gasteiger partial charge in [0, 0.05) is 39.1 Å². The van der Waals surface area contributed by atoms with E-state index < -0.39 is 0 Å². The number of benzene rings is 1. The minimum atomic E-state index is 0. The van der Waals surface area contributed by atoms with Gasteiger partial charge in [0.1, 0.15) is 5.82 Å². The molecule has 0 aliphatic carbocycles. The molecule has 0 spiro atoms. The Hall–Kier alpha value is -1.72. The molecule has 1 fully saturated rings. The molecule has 8 nitrogen and oxygen atoms in total. The first-order valence-electron chi connectivity index (χ1n) is 11.6. The van der Waals surface area contributed by atoms with Gasteiger partial charge >= 0.3 is 0 Å². The van der Waals surface area contributed by atoms with Crippen LogP contribution in [0.2, 0.25) is 0 Å². The third kappa shape index (κ3) is 6.89. The lowest BCUT2D eigenvalue weighted by Crippen LogP contribution is -2.37. The molecule has 4 rings (SSSR count). The standard InChI is InChI=1S/C23H35N7O.HI/c1-2-24-23(26-17-22-28-27-21-10-4-3-7-11-30(21)22)25-16-19-8-5-6-9-20(19)18-29-12-14-31-15-13-29;/h5-6,8-9H,2-4,7,10-18H2,1H3,(H2,24,25,26);1H. The Morgan fingerprint density at radius 2 is 1.84 bits per heavy atom. The first-order valence-corrected chi connectivity index (χ1v) is 11.6. The first kappa shape index (κ1) is 24.9. The molecule has 0 radical (unpaired) electrons. The molecule has 1 aromatic carbocycles. The molecule has 0 bridgehead atoms. The number of guanidine groups is 1. The molecule has 9 heteroatoms. The van der Waals surface area contributed by atoms with Crippen molar-refractivity contribution in [2.75, 3.05) is 32.8 Å². The molecule has 0 atom stereocenters. The van der Waals surface area contributed by atoms with E-state index in [1.165, 1.54) is 30.4 Å². The topological polar surface area (TPSA) is 79.6 Å². The summed E-state index contributed by atoms with van der Waals surface area (Å²) in [6.45, 7) is 9.78. The fraction of sp³-hybridized carbons (Fsp3) is 0.609. The van der Waals surface area contributed by atoms with Crippen LogP contribution in [0.4, 0.5) is 0 Å². The maximum Gasteiger partial charge on any atom is 0.191 e. The van der Waals surface area contributed by atoms with E-state index >= 15 is 0 Å². The van der Waals surface area contributed by atoms with Gasteiger partial charge in [0.15, 0.2) is 11.8 Å². The fourth-order valence-electron chi connectivity index (χ4n) is 4.21. The Morgan fingerprint density at radius 1 is 1.03 bits per heavy atom. The summed E-state index contributed by atoms with van der Waals surface area (Å²) in [6, 6.07) is 8.61. The Balaban J connectivity index is 0.00000289. The fourth-order valence-corrected chi connectivity index (χ4v) is 4.21. The summed E-state index contributed by atoms with van der Waals surface area (Å²) in [5, 5.41) is 15.6. The maximum atomic E-state index is 5.48. The van der Waals surface area contributed by atoms with Gasteiger partial charge in [-0.25, -0.2) is 4.99 Å². The van der Waals surface area contributed by atoms with E-state index in [0.29, 0.717) is 13.1 Å². The quantitative estimate of drug-likeness (QED) is 0.312. The molecule has 2 N–H and O–H groups in total. The third-order valence-electron chi connectivity index (χ3n) is 5.97. The van der Waals surface area contributed by atoms with Gasteiger partial charge in [-0.1, -0.05) is 30.7 Å². The maximum absolute atomic E-state index is 5.48. The lowest BCUT2D eigenvalue weighted by Gasteiger charge is -2.27. The number of nitrogens with one attached hydrogen (secondary N) is 2. The second kappa shape index (κ2) is 13.1. The van der Waals surface area contributed by atoms with Crippen molar-refractivity contribution in [1.82, 2.24) is 30.3 Å². The van der Waals surface area contributed by atoms with Crippen molar-refractivity contribution in [1.29, 1.82) is 0 Å². The number of aliphatic imine (C=N–C) groups is 1. The monoisotopic (exact) mass is 553 g/mol. The van der Waals surface area contributed by atoms with Crippen molar-refractivity contribution in [3.8, 4) is 0 Å². The van der Waals surface area contributed by atoms with Crippen LogP contribution in [0.25, 0.3) is 0 Å². The van der Waals surface area contributed by atoms with Gasteiger partial charge in [0.2, 0.25) is 0 Å². The highest BCUT2D eigenvalue weighted by atomic mass is 127. The number of ether oxygens (including phenoxy) is 1. The Kier molecular flexibility index (Phi) is 10.2. The second-order valence-electron chi connectivity index (χ2n) is 8.20. The van der Waals surface area contributed by atoms with Gasteiger partial charge in [-0.15, -0.1) is 34.2 Å². The summed E-state index contributed by atoms with van der Waals surface area (Å²) < 4.78 is 7.76. The van der Waals surface area contributed by atoms with Gasteiger partial charge in [-0.05, 0) is 30.9 Å². The van der Waals surface area contributed by atoms with Crippen LogP contribution >= 0.6 is 24.0 Å². The van der Waals surface area contributed by atoms with E-state index in [2.05, 4.69) is 61.5 Å². The molecule has 176 valence electrons. The third-order valence-corrected chi connectivity index (χ3v) is 5.97. The first-order chi connectivity index (χ1) is 15.3. The predicted octanol–water partition coefficient (Wildman–Crippen LogP) is 2.71. The molecule has 3 heterocycles. The van der Waals surface area contributed by atoms with Crippen LogP contribution in [-0.2, 0) is 37.3 Å². The largest absolute Gasteiger partial charge is 0.379 e. The number of hydrogen-bond acceptors (Lipinski definition) is 5. The number of halogens is 1. The smallest absolute Gasteiger partial charge is 0.191 e. The van der Waals surface area contributed by atoms with Crippen LogP contribution in [0.5, 0.6) is 0 Å². The molecule has 2 aromatic rings. The van der Waals surface area contributed by atoms with Gasteiger partial charge in [-0.2, -0.15) is 0 Å². The number of hydrogen-bond donors (Lipinski definition) is 2. The average molecular weight is 553 g/mol. The summed E-state index contributed by atoms with van der Waals surface area (Å²) in [5.41, 5.74) is 2.61. The number of nitrogens with zero attached hydrogens (tertiary/aromatic N) is 5. The Morgan fingerprint density at radius 3 is 2.66 bits per heavy atom. The summed E-state index contributed by atoms with van der Waals surface area (Å²) in [7, 11) is 0. The van der Waals surface area contributed by atoms with Crippen LogP contribution in [0.3, 0.4) is 0 Å².